The van der Waals surface area contributed by atoms with Crippen molar-refractivity contribution < 1.29 is 14.5 Å². The lowest BCUT2D eigenvalue weighted by atomic mass is 10.0. The molecule has 1 unspecified atom stereocenters. The lowest BCUT2D eigenvalue weighted by Gasteiger charge is -2.27. The van der Waals surface area contributed by atoms with E-state index in [9.17, 15) is 19.7 Å². The third-order valence-electron chi connectivity index (χ3n) is 4.63. The second-order valence-corrected chi connectivity index (χ2v) is 6.68. The number of amides is 2. The van der Waals surface area contributed by atoms with Crippen LogP contribution in [-0.4, -0.2) is 22.8 Å². The third-order valence-corrected chi connectivity index (χ3v) is 4.63. The van der Waals surface area contributed by atoms with Gasteiger partial charge in [-0.1, -0.05) is 6.07 Å². The Morgan fingerprint density at radius 1 is 1.11 bits per heavy atom. The number of carbonyl (C=O) groups excluding carboxylic acids is 2. The van der Waals surface area contributed by atoms with E-state index in [1.165, 1.54) is 12.1 Å². The van der Waals surface area contributed by atoms with E-state index in [0.29, 0.717) is 16.9 Å². The van der Waals surface area contributed by atoms with Crippen molar-refractivity contribution in [2.75, 3.05) is 16.0 Å². The molecule has 0 aromatic heterocycles. The molecule has 0 saturated carbocycles. The smallest absolute Gasteiger partial charge is 0.271 e. The summed E-state index contributed by atoms with van der Waals surface area (Å²) in [4.78, 5) is 35.1. The number of carbonyl (C=O) groups is 2. The van der Waals surface area contributed by atoms with Crippen molar-refractivity contribution in [3.8, 4) is 0 Å². The molecule has 3 N–H and O–H groups in total. The summed E-state index contributed by atoms with van der Waals surface area (Å²) < 4.78 is 0. The molecule has 0 fully saturated rings. The Kier molecular flexibility index (Phi) is 4.81. The van der Waals surface area contributed by atoms with E-state index in [0.717, 1.165) is 16.8 Å². The first-order chi connectivity index (χ1) is 12.7. The third kappa shape index (κ3) is 3.89. The van der Waals surface area contributed by atoms with Crippen LogP contribution in [0.1, 0.15) is 23.1 Å². The Balaban J connectivity index is 1.73. The van der Waals surface area contributed by atoms with E-state index in [-0.39, 0.29) is 18.0 Å². The van der Waals surface area contributed by atoms with Gasteiger partial charge in [-0.15, -0.1) is 0 Å². The molecule has 1 heterocycles. The number of benzene rings is 2. The van der Waals surface area contributed by atoms with E-state index in [2.05, 4.69) is 16.0 Å². The SMILES string of the molecule is Cc1cc2c(cc1C)NC(CC(=O)Nc1cc([N+](=O)[O-])ccc1C)C(=O)N2. The largest absolute Gasteiger partial charge is 0.372 e. The number of anilines is 3. The maximum Gasteiger partial charge on any atom is 0.271 e. The minimum atomic E-state index is -0.724. The zero-order valence-corrected chi connectivity index (χ0v) is 15.3. The monoisotopic (exact) mass is 368 g/mol. The molecule has 0 saturated heterocycles. The minimum absolute atomic E-state index is 0.0969. The topological polar surface area (TPSA) is 113 Å². The molecule has 0 aliphatic carbocycles. The van der Waals surface area contributed by atoms with Crippen molar-refractivity contribution in [1.29, 1.82) is 0 Å². The standard InChI is InChI=1S/C19H20N4O4/c1-10-4-5-13(23(26)27)8-14(10)21-18(24)9-17-19(25)22-16-7-12(3)11(2)6-15(16)20-17/h4-8,17,20H,9H2,1-3H3,(H,21,24)(H,22,25). The molecule has 1 aliphatic heterocycles. The molecule has 8 heteroatoms. The Labute approximate surface area is 156 Å². The molecule has 0 bridgehead atoms. The van der Waals surface area contributed by atoms with Crippen LogP contribution in [0.3, 0.4) is 0 Å². The minimum Gasteiger partial charge on any atom is -0.372 e. The molecule has 1 aliphatic rings. The summed E-state index contributed by atoms with van der Waals surface area (Å²) >= 11 is 0. The second-order valence-electron chi connectivity index (χ2n) is 6.68. The average molecular weight is 368 g/mol. The van der Waals surface area contributed by atoms with E-state index >= 15 is 0 Å². The van der Waals surface area contributed by atoms with Gasteiger partial charge < -0.3 is 16.0 Å². The highest BCUT2D eigenvalue weighted by molar-refractivity contribution is 6.06. The number of non-ortho nitro benzene ring substituents is 1. The number of nitro benzene ring substituents is 1. The van der Waals surface area contributed by atoms with Crippen molar-refractivity contribution >= 4 is 34.6 Å². The van der Waals surface area contributed by atoms with E-state index in [1.807, 2.05) is 26.0 Å². The van der Waals surface area contributed by atoms with E-state index < -0.39 is 16.9 Å². The van der Waals surface area contributed by atoms with Crippen molar-refractivity contribution in [3.05, 3.63) is 57.1 Å². The van der Waals surface area contributed by atoms with Crippen LogP contribution in [0.2, 0.25) is 0 Å². The number of nitrogens with zero attached hydrogens (tertiary/aromatic N) is 1. The van der Waals surface area contributed by atoms with Gasteiger partial charge in [0, 0.05) is 12.1 Å². The summed E-state index contributed by atoms with van der Waals surface area (Å²) in [6, 6.07) is 7.35. The lowest BCUT2D eigenvalue weighted by molar-refractivity contribution is -0.384. The fourth-order valence-corrected chi connectivity index (χ4v) is 2.90. The summed E-state index contributed by atoms with van der Waals surface area (Å²) in [5, 5.41) is 19.5. The zero-order chi connectivity index (χ0) is 19.7. The van der Waals surface area contributed by atoms with Gasteiger partial charge in [-0.25, -0.2) is 0 Å². The molecular weight excluding hydrogens is 348 g/mol. The molecule has 0 spiro atoms. The number of hydrogen-bond donors (Lipinski definition) is 3. The van der Waals surface area contributed by atoms with Gasteiger partial charge in [-0.05, 0) is 49.6 Å². The highest BCUT2D eigenvalue weighted by Gasteiger charge is 2.28. The van der Waals surface area contributed by atoms with Gasteiger partial charge in [-0.3, -0.25) is 19.7 Å². The van der Waals surface area contributed by atoms with Crippen molar-refractivity contribution in [1.82, 2.24) is 0 Å². The summed E-state index contributed by atoms with van der Waals surface area (Å²) in [6.45, 7) is 5.68. The Hall–Kier alpha value is -3.42. The quantitative estimate of drug-likeness (QED) is 0.566. The maximum atomic E-state index is 12.4. The fraction of sp³-hybridized carbons (Fsp3) is 0.263. The van der Waals surface area contributed by atoms with Crippen molar-refractivity contribution in [2.24, 2.45) is 0 Å². The molecule has 1 atom stereocenters. The Morgan fingerprint density at radius 2 is 1.78 bits per heavy atom. The van der Waals surface area contributed by atoms with Gasteiger partial charge >= 0.3 is 0 Å². The average Bonchev–Trinajstić information content (AvgIpc) is 2.59. The molecule has 2 amide bonds. The molecule has 27 heavy (non-hydrogen) atoms. The number of fused-ring (bicyclic) bond motifs is 1. The molecule has 3 rings (SSSR count). The summed E-state index contributed by atoms with van der Waals surface area (Å²) in [5.74, 6) is -0.699. The van der Waals surface area contributed by atoms with Gasteiger partial charge in [0.15, 0.2) is 0 Å². The first-order valence-corrected chi connectivity index (χ1v) is 8.48. The number of hydrogen-bond acceptors (Lipinski definition) is 5. The second kappa shape index (κ2) is 7.06. The van der Waals surface area contributed by atoms with Crippen LogP contribution < -0.4 is 16.0 Å². The van der Waals surface area contributed by atoms with Crippen LogP contribution in [0.15, 0.2) is 30.3 Å². The number of rotatable bonds is 4. The highest BCUT2D eigenvalue weighted by atomic mass is 16.6. The molecule has 8 nitrogen and oxygen atoms in total. The molecular formula is C19H20N4O4. The molecule has 0 radical (unpaired) electrons. The van der Waals surface area contributed by atoms with Gasteiger partial charge in [0.05, 0.1) is 28.4 Å². The predicted molar refractivity (Wildman–Crippen MR) is 103 cm³/mol. The maximum absolute atomic E-state index is 12.4. The van der Waals surface area contributed by atoms with Crippen molar-refractivity contribution in [2.45, 2.75) is 33.2 Å². The van der Waals surface area contributed by atoms with Crippen LogP contribution in [0, 0.1) is 30.9 Å². The predicted octanol–water partition coefficient (Wildman–Crippen LogP) is 3.28. The van der Waals surface area contributed by atoms with Crippen molar-refractivity contribution in [3.63, 3.8) is 0 Å². The first kappa shape index (κ1) is 18.4. The van der Waals surface area contributed by atoms with E-state index in [1.54, 1.807) is 13.0 Å². The van der Waals surface area contributed by atoms with Crippen LogP contribution >= 0.6 is 0 Å². The Bertz CT molecular complexity index is 955. The molecule has 2 aromatic carbocycles. The summed E-state index contributed by atoms with van der Waals surface area (Å²) in [6.07, 6.45) is -0.0969. The van der Waals surface area contributed by atoms with Crippen LogP contribution in [0.5, 0.6) is 0 Å². The highest BCUT2D eigenvalue weighted by Crippen LogP contribution is 2.30. The van der Waals surface area contributed by atoms with Crippen LogP contribution in [0.25, 0.3) is 0 Å². The van der Waals surface area contributed by atoms with Crippen LogP contribution in [0.4, 0.5) is 22.7 Å². The number of nitrogens with one attached hydrogen (secondary N) is 3. The first-order valence-electron chi connectivity index (χ1n) is 8.48. The summed E-state index contributed by atoms with van der Waals surface area (Å²) in [7, 11) is 0. The lowest BCUT2D eigenvalue weighted by Crippen LogP contribution is -2.41. The Morgan fingerprint density at radius 3 is 2.44 bits per heavy atom. The normalized spacial score (nSPS) is 15.4. The molecule has 2 aromatic rings. The zero-order valence-electron chi connectivity index (χ0n) is 15.3. The van der Waals surface area contributed by atoms with Gasteiger partial charge in [0.2, 0.25) is 11.8 Å². The van der Waals surface area contributed by atoms with Gasteiger partial charge in [0.25, 0.3) is 5.69 Å². The van der Waals surface area contributed by atoms with Gasteiger partial charge in [0.1, 0.15) is 6.04 Å². The molecule has 140 valence electrons. The number of aryl methyl sites for hydroxylation is 3. The van der Waals surface area contributed by atoms with E-state index in [4.69, 9.17) is 0 Å². The van der Waals surface area contributed by atoms with Gasteiger partial charge in [-0.2, -0.15) is 0 Å². The fourth-order valence-electron chi connectivity index (χ4n) is 2.90. The van der Waals surface area contributed by atoms with Crippen LogP contribution in [-0.2, 0) is 9.59 Å². The summed E-state index contributed by atoms with van der Waals surface area (Å²) in [5.41, 5.74) is 4.55. The number of nitro groups is 1.